The molecule has 0 saturated carbocycles. The van der Waals surface area contributed by atoms with Crippen molar-refractivity contribution in [2.45, 2.75) is 51.9 Å². The molecule has 0 radical (unpaired) electrons. The summed E-state index contributed by atoms with van der Waals surface area (Å²) in [7, 11) is 0. The Morgan fingerprint density at radius 3 is 1.95 bits per heavy atom. The first-order chi connectivity index (χ1) is 9.27. The van der Waals surface area contributed by atoms with E-state index in [1.807, 2.05) is 0 Å². The number of carbonyl (C=O) groups is 1. The van der Waals surface area contributed by atoms with Crippen LogP contribution in [0.3, 0.4) is 0 Å². The quantitative estimate of drug-likeness (QED) is 0.764. The fourth-order valence-corrected chi connectivity index (χ4v) is 3.90. The van der Waals surface area contributed by atoms with Gasteiger partial charge in [-0.1, -0.05) is 6.92 Å². The molecule has 1 atom stereocenters. The van der Waals surface area contributed by atoms with Crippen molar-refractivity contribution in [3.63, 3.8) is 0 Å². The third-order valence-corrected chi connectivity index (χ3v) is 4.83. The van der Waals surface area contributed by atoms with Crippen molar-refractivity contribution in [1.82, 2.24) is 9.80 Å². The van der Waals surface area contributed by atoms with E-state index in [9.17, 15) is 4.79 Å². The molecule has 0 amide bonds. The van der Waals surface area contributed by atoms with E-state index in [1.54, 1.807) is 0 Å². The van der Waals surface area contributed by atoms with Crippen LogP contribution in [-0.2, 0) is 4.79 Å². The predicted octanol–water partition coefficient (Wildman–Crippen LogP) is 2.78. The Morgan fingerprint density at radius 2 is 1.37 bits per heavy atom. The van der Waals surface area contributed by atoms with Crippen LogP contribution < -0.4 is 0 Å². The number of Topliss-reactive ketones (excluding diaryl/α,β-unsaturated/α-hetero) is 1. The molecule has 3 heteroatoms. The van der Waals surface area contributed by atoms with Gasteiger partial charge in [-0.15, -0.1) is 0 Å². The molecule has 0 N–H and O–H groups in total. The van der Waals surface area contributed by atoms with Gasteiger partial charge in [0.05, 0.1) is 0 Å². The molecule has 1 unspecified atom stereocenters. The Morgan fingerprint density at radius 1 is 0.842 bits per heavy atom. The molecule has 1 aliphatic carbocycles. The van der Waals surface area contributed by atoms with E-state index in [4.69, 9.17) is 0 Å². The molecule has 2 fully saturated rings. The Hall–Kier alpha value is -0.990. The second-order valence-corrected chi connectivity index (χ2v) is 6.36. The Bertz CT molecular complexity index is 376. The van der Waals surface area contributed by atoms with Gasteiger partial charge in [-0.25, -0.2) is 0 Å². The van der Waals surface area contributed by atoms with Gasteiger partial charge in [0.25, 0.3) is 0 Å². The van der Waals surface area contributed by atoms with E-state index >= 15 is 0 Å². The number of likely N-dealkylation sites (tertiary alicyclic amines) is 2. The SMILES string of the molecule is CC1CC(=O)C(N2CCCCC2)=C1N1CCCCC1. The van der Waals surface area contributed by atoms with E-state index in [0.29, 0.717) is 11.7 Å². The monoisotopic (exact) mass is 262 g/mol. The summed E-state index contributed by atoms with van der Waals surface area (Å²) in [5.41, 5.74) is 2.47. The number of allylic oxidation sites excluding steroid dienone is 2. The number of rotatable bonds is 2. The van der Waals surface area contributed by atoms with Crippen molar-refractivity contribution >= 4 is 5.78 Å². The highest BCUT2D eigenvalue weighted by Gasteiger charge is 2.36. The number of piperidine rings is 2. The first kappa shape index (κ1) is 13.0. The Balaban J connectivity index is 1.88. The summed E-state index contributed by atoms with van der Waals surface area (Å²) < 4.78 is 0. The largest absolute Gasteiger partial charge is 0.373 e. The molecule has 0 aromatic rings. The molecule has 3 aliphatic rings. The van der Waals surface area contributed by atoms with Gasteiger partial charge in [0, 0.05) is 44.2 Å². The maximum atomic E-state index is 12.4. The van der Waals surface area contributed by atoms with Gasteiger partial charge in [0.15, 0.2) is 5.78 Å². The molecule has 0 aromatic heterocycles. The lowest BCUT2D eigenvalue weighted by molar-refractivity contribution is -0.116. The van der Waals surface area contributed by atoms with E-state index in [-0.39, 0.29) is 0 Å². The van der Waals surface area contributed by atoms with Crippen LogP contribution in [0, 0.1) is 5.92 Å². The topological polar surface area (TPSA) is 23.6 Å². The molecular weight excluding hydrogens is 236 g/mol. The lowest BCUT2D eigenvalue weighted by Gasteiger charge is -2.36. The smallest absolute Gasteiger partial charge is 0.181 e. The molecule has 106 valence electrons. The maximum absolute atomic E-state index is 12.4. The molecule has 0 spiro atoms. The van der Waals surface area contributed by atoms with Gasteiger partial charge in [-0.2, -0.15) is 0 Å². The summed E-state index contributed by atoms with van der Waals surface area (Å²) in [6, 6.07) is 0. The number of hydrogen-bond acceptors (Lipinski definition) is 3. The predicted molar refractivity (Wildman–Crippen MR) is 76.7 cm³/mol. The van der Waals surface area contributed by atoms with Crippen LogP contribution >= 0.6 is 0 Å². The maximum Gasteiger partial charge on any atom is 0.181 e. The number of ketones is 1. The second-order valence-electron chi connectivity index (χ2n) is 6.36. The molecule has 0 aromatic carbocycles. The normalized spacial score (nSPS) is 29.3. The molecule has 3 nitrogen and oxygen atoms in total. The van der Waals surface area contributed by atoms with E-state index < -0.39 is 0 Å². The van der Waals surface area contributed by atoms with E-state index in [2.05, 4.69) is 16.7 Å². The molecule has 2 heterocycles. The summed E-state index contributed by atoms with van der Waals surface area (Å²) in [5.74, 6) is 0.831. The standard InChI is InChI=1S/C16H26N2O/c1-13-12-14(19)16(18-10-6-3-7-11-18)15(13)17-8-4-2-5-9-17/h13H,2-12H2,1H3. The average Bonchev–Trinajstić information content (AvgIpc) is 2.75. The summed E-state index contributed by atoms with van der Waals surface area (Å²) in [6.45, 7) is 6.73. The van der Waals surface area contributed by atoms with Crippen molar-refractivity contribution in [3.05, 3.63) is 11.4 Å². The lowest BCUT2D eigenvalue weighted by atomic mass is 10.0. The Kier molecular flexibility index (Phi) is 3.81. The average molecular weight is 262 g/mol. The van der Waals surface area contributed by atoms with E-state index in [1.165, 1.54) is 44.2 Å². The zero-order valence-electron chi connectivity index (χ0n) is 12.2. The zero-order chi connectivity index (χ0) is 13.2. The minimum absolute atomic E-state index is 0.398. The van der Waals surface area contributed by atoms with Crippen molar-refractivity contribution in [1.29, 1.82) is 0 Å². The first-order valence-electron chi connectivity index (χ1n) is 8.04. The molecule has 2 saturated heterocycles. The fourth-order valence-electron chi connectivity index (χ4n) is 3.90. The highest BCUT2D eigenvalue weighted by atomic mass is 16.1. The number of nitrogens with zero attached hydrogens (tertiary/aromatic N) is 2. The van der Waals surface area contributed by atoms with Gasteiger partial charge in [-0.05, 0) is 38.5 Å². The van der Waals surface area contributed by atoms with E-state index in [0.717, 1.165) is 38.3 Å². The first-order valence-corrected chi connectivity index (χ1v) is 8.04. The molecular formula is C16H26N2O. The van der Waals surface area contributed by atoms with Crippen LogP contribution in [0.4, 0.5) is 0 Å². The molecule has 0 bridgehead atoms. The highest BCUT2D eigenvalue weighted by molar-refractivity contribution is 5.98. The van der Waals surface area contributed by atoms with Gasteiger partial charge in [0.1, 0.15) is 5.70 Å². The minimum Gasteiger partial charge on any atom is -0.373 e. The highest BCUT2D eigenvalue weighted by Crippen LogP contribution is 2.36. The minimum atomic E-state index is 0.398. The van der Waals surface area contributed by atoms with Crippen molar-refractivity contribution < 1.29 is 4.79 Å². The number of carbonyl (C=O) groups excluding carboxylic acids is 1. The molecule has 19 heavy (non-hydrogen) atoms. The van der Waals surface area contributed by atoms with Crippen LogP contribution in [0.5, 0.6) is 0 Å². The third-order valence-electron chi connectivity index (χ3n) is 4.83. The van der Waals surface area contributed by atoms with Crippen LogP contribution in [0.1, 0.15) is 51.9 Å². The number of hydrogen-bond donors (Lipinski definition) is 0. The van der Waals surface area contributed by atoms with Gasteiger partial charge < -0.3 is 9.80 Å². The molecule has 2 aliphatic heterocycles. The summed E-state index contributed by atoms with van der Waals surface area (Å²) >= 11 is 0. The summed E-state index contributed by atoms with van der Waals surface area (Å²) in [4.78, 5) is 17.3. The van der Waals surface area contributed by atoms with Crippen LogP contribution in [-0.4, -0.2) is 41.8 Å². The van der Waals surface area contributed by atoms with Gasteiger partial charge in [-0.3, -0.25) is 4.79 Å². The van der Waals surface area contributed by atoms with Gasteiger partial charge in [0.2, 0.25) is 0 Å². The lowest BCUT2D eigenvalue weighted by Crippen LogP contribution is -2.36. The van der Waals surface area contributed by atoms with Crippen molar-refractivity contribution in [2.75, 3.05) is 26.2 Å². The summed E-state index contributed by atoms with van der Waals surface area (Å²) in [5, 5.41) is 0. The zero-order valence-corrected chi connectivity index (χ0v) is 12.2. The third kappa shape index (κ3) is 2.52. The van der Waals surface area contributed by atoms with Crippen LogP contribution in [0.15, 0.2) is 11.4 Å². The van der Waals surface area contributed by atoms with Gasteiger partial charge >= 0.3 is 0 Å². The van der Waals surface area contributed by atoms with Crippen molar-refractivity contribution in [2.24, 2.45) is 5.92 Å². The van der Waals surface area contributed by atoms with Crippen molar-refractivity contribution in [3.8, 4) is 0 Å². The molecule has 3 rings (SSSR count). The van der Waals surface area contributed by atoms with Crippen LogP contribution in [0.25, 0.3) is 0 Å². The Labute approximate surface area is 116 Å². The second kappa shape index (κ2) is 5.56. The fraction of sp³-hybridized carbons (Fsp3) is 0.812. The summed E-state index contributed by atoms with van der Waals surface area (Å²) in [6.07, 6.45) is 8.49. The van der Waals surface area contributed by atoms with Crippen LogP contribution in [0.2, 0.25) is 0 Å².